The Morgan fingerprint density at radius 1 is 1.14 bits per heavy atom. The molecule has 0 fully saturated rings. The zero-order valence-corrected chi connectivity index (χ0v) is 15.7. The average Bonchev–Trinajstić information content (AvgIpc) is 3.15. The van der Waals surface area contributed by atoms with Crippen LogP contribution in [-0.2, 0) is 11.3 Å². The van der Waals surface area contributed by atoms with Crippen LogP contribution in [0.5, 0.6) is 0 Å². The van der Waals surface area contributed by atoms with Gasteiger partial charge in [-0.15, -0.1) is 11.3 Å². The third-order valence-electron chi connectivity index (χ3n) is 4.44. The molecule has 0 amide bonds. The van der Waals surface area contributed by atoms with E-state index in [0.29, 0.717) is 22.3 Å². The summed E-state index contributed by atoms with van der Waals surface area (Å²) < 4.78 is 19.4. The number of aromatic nitrogens is 2. The van der Waals surface area contributed by atoms with Gasteiger partial charge in [0, 0.05) is 10.9 Å². The number of nitrogens with zero attached hydrogens (tertiary/aromatic N) is 2. The molecule has 0 saturated heterocycles. The van der Waals surface area contributed by atoms with Crippen molar-refractivity contribution in [3.8, 4) is 11.1 Å². The topological polar surface area (TPSA) is 61.2 Å². The molecule has 7 heteroatoms. The van der Waals surface area contributed by atoms with Gasteiger partial charge in [0.25, 0.3) is 5.56 Å². The molecule has 0 unspecified atom stereocenters. The van der Waals surface area contributed by atoms with E-state index < -0.39 is 5.97 Å². The maximum absolute atomic E-state index is 13.2. The van der Waals surface area contributed by atoms with Crippen LogP contribution in [0.25, 0.3) is 21.3 Å². The van der Waals surface area contributed by atoms with Crippen molar-refractivity contribution in [2.24, 2.45) is 0 Å². The molecule has 0 aliphatic heterocycles. The van der Waals surface area contributed by atoms with E-state index in [4.69, 9.17) is 0 Å². The van der Waals surface area contributed by atoms with Gasteiger partial charge in [-0.25, -0.2) is 14.2 Å². The van der Waals surface area contributed by atoms with Crippen molar-refractivity contribution in [2.75, 3.05) is 7.11 Å². The van der Waals surface area contributed by atoms with E-state index in [9.17, 15) is 14.0 Å². The monoisotopic (exact) mass is 394 g/mol. The average molecular weight is 394 g/mol. The number of methoxy groups -OCH3 is 1. The summed E-state index contributed by atoms with van der Waals surface area (Å²) in [5.41, 5.74) is 2.65. The first-order valence-corrected chi connectivity index (χ1v) is 9.34. The van der Waals surface area contributed by atoms with Gasteiger partial charge in [-0.05, 0) is 35.4 Å². The van der Waals surface area contributed by atoms with Crippen LogP contribution in [0, 0.1) is 5.82 Å². The van der Waals surface area contributed by atoms with Gasteiger partial charge in [0.15, 0.2) is 0 Å². The molecule has 2 aromatic carbocycles. The lowest BCUT2D eigenvalue weighted by atomic mass is 10.1. The highest BCUT2D eigenvalue weighted by molar-refractivity contribution is 7.17. The second-order valence-corrected chi connectivity index (χ2v) is 7.06. The lowest BCUT2D eigenvalue weighted by Gasteiger charge is -2.07. The zero-order valence-electron chi connectivity index (χ0n) is 14.9. The van der Waals surface area contributed by atoms with Crippen molar-refractivity contribution < 1.29 is 13.9 Å². The van der Waals surface area contributed by atoms with Crippen molar-refractivity contribution >= 4 is 27.5 Å². The fourth-order valence-electron chi connectivity index (χ4n) is 2.98. The Morgan fingerprint density at radius 2 is 1.86 bits per heavy atom. The Bertz CT molecular complexity index is 1210. The molecule has 4 aromatic rings. The van der Waals surface area contributed by atoms with Gasteiger partial charge >= 0.3 is 5.97 Å². The Balaban J connectivity index is 1.71. The predicted molar refractivity (Wildman–Crippen MR) is 106 cm³/mol. The first-order valence-electron chi connectivity index (χ1n) is 8.46. The van der Waals surface area contributed by atoms with Crippen LogP contribution in [0.15, 0.2) is 65.0 Å². The van der Waals surface area contributed by atoms with Crippen molar-refractivity contribution in [2.45, 2.75) is 6.54 Å². The van der Waals surface area contributed by atoms with Crippen LogP contribution in [0.4, 0.5) is 4.39 Å². The van der Waals surface area contributed by atoms with Crippen molar-refractivity contribution in [3.63, 3.8) is 0 Å². The van der Waals surface area contributed by atoms with E-state index in [1.165, 1.54) is 41.5 Å². The van der Waals surface area contributed by atoms with Gasteiger partial charge in [-0.1, -0.05) is 24.3 Å². The van der Waals surface area contributed by atoms with Crippen LogP contribution >= 0.6 is 11.3 Å². The molecule has 0 aliphatic rings. The van der Waals surface area contributed by atoms with Gasteiger partial charge in [0.1, 0.15) is 10.6 Å². The van der Waals surface area contributed by atoms with Crippen LogP contribution in [-0.4, -0.2) is 22.6 Å². The lowest BCUT2D eigenvalue weighted by Crippen LogP contribution is -2.21. The van der Waals surface area contributed by atoms with Gasteiger partial charge < -0.3 is 4.74 Å². The molecule has 0 aliphatic carbocycles. The quantitative estimate of drug-likeness (QED) is 0.489. The van der Waals surface area contributed by atoms with Crippen molar-refractivity contribution in [1.29, 1.82) is 0 Å². The first-order chi connectivity index (χ1) is 13.6. The van der Waals surface area contributed by atoms with Gasteiger partial charge in [-0.2, -0.15) is 0 Å². The summed E-state index contributed by atoms with van der Waals surface area (Å²) in [6, 6.07) is 12.9. The van der Waals surface area contributed by atoms with Gasteiger partial charge in [0.2, 0.25) is 0 Å². The minimum atomic E-state index is -0.408. The number of esters is 1. The molecule has 4 rings (SSSR count). The number of carbonyl (C=O) groups is 1. The highest BCUT2D eigenvalue weighted by atomic mass is 32.1. The molecule has 2 aromatic heterocycles. The second kappa shape index (κ2) is 7.36. The number of rotatable bonds is 4. The molecule has 0 atom stereocenters. The zero-order chi connectivity index (χ0) is 19.7. The predicted octanol–water partition coefficient (Wildman–Crippen LogP) is 4.10. The Morgan fingerprint density at radius 3 is 2.54 bits per heavy atom. The van der Waals surface area contributed by atoms with E-state index >= 15 is 0 Å². The Kier molecular flexibility index (Phi) is 4.75. The minimum Gasteiger partial charge on any atom is -0.465 e. The number of thiophene rings is 1. The highest BCUT2D eigenvalue weighted by Gasteiger charge is 2.14. The van der Waals surface area contributed by atoms with Crippen LogP contribution < -0.4 is 5.56 Å². The number of hydrogen-bond acceptors (Lipinski definition) is 5. The molecular weight excluding hydrogens is 379 g/mol. The van der Waals surface area contributed by atoms with E-state index in [0.717, 1.165) is 16.7 Å². The van der Waals surface area contributed by atoms with E-state index in [-0.39, 0.29) is 11.4 Å². The molecule has 0 radical (unpaired) electrons. The number of benzene rings is 2. The third kappa shape index (κ3) is 3.32. The molecule has 0 N–H and O–H groups in total. The number of halogens is 1. The summed E-state index contributed by atoms with van der Waals surface area (Å²) in [6.07, 6.45) is 1.52. The van der Waals surface area contributed by atoms with Crippen molar-refractivity contribution in [3.05, 3.63) is 87.5 Å². The third-order valence-corrected chi connectivity index (χ3v) is 5.33. The van der Waals surface area contributed by atoms with E-state index in [1.54, 1.807) is 36.4 Å². The first kappa shape index (κ1) is 18.1. The van der Waals surface area contributed by atoms with Gasteiger partial charge in [0.05, 0.1) is 30.9 Å². The molecule has 140 valence electrons. The van der Waals surface area contributed by atoms with Crippen LogP contribution in [0.3, 0.4) is 0 Å². The standard InChI is InChI=1S/C21H15FN2O3S/c1-27-21(26)15-4-2-13(3-5-15)10-24-12-23-19-18(20(24)25)17(11-28-19)14-6-8-16(22)9-7-14/h2-9,11-12H,10H2,1H3. The molecule has 0 bridgehead atoms. The molecule has 0 spiro atoms. The number of fused-ring (bicyclic) bond motifs is 1. The summed E-state index contributed by atoms with van der Waals surface area (Å²) in [7, 11) is 1.33. The lowest BCUT2D eigenvalue weighted by molar-refractivity contribution is 0.0600. The van der Waals surface area contributed by atoms with E-state index in [1.807, 2.05) is 5.38 Å². The SMILES string of the molecule is COC(=O)c1ccc(Cn2cnc3scc(-c4ccc(F)cc4)c3c2=O)cc1. The number of carbonyl (C=O) groups excluding carboxylic acids is 1. The number of ether oxygens (including phenoxy) is 1. The largest absolute Gasteiger partial charge is 0.465 e. The maximum atomic E-state index is 13.2. The van der Waals surface area contributed by atoms with E-state index in [2.05, 4.69) is 9.72 Å². The van der Waals surface area contributed by atoms with Crippen LogP contribution in [0.2, 0.25) is 0 Å². The molecule has 28 heavy (non-hydrogen) atoms. The summed E-state index contributed by atoms with van der Waals surface area (Å²) >= 11 is 1.38. The highest BCUT2D eigenvalue weighted by Crippen LogP contribution is 2.30. The maximum Gasteiger partial charge on any atom is 0.337 e. The van der Waals surface area contributed by atoms with Crippen LogP contribution in [0.1, 0.15) is 15.9 Å². The van der Waals surface area contributed by atoms with Crippen molar-refractivity contribution in [1.82, 2.24) is 9.55 Å². The normalized spacial score (nSPS) is 10.9. The fraction of sp³-hybridized carbons (Fsp3) is 0.0952. The summed E-state index contributed by atoms with van der Waals surface area (Å²) in [4.78, 5) is 29.6. The minimum absolute atomic E-state index is 0.164. The molecule has 0 saturated carbocycles. The molecular formula is C21H15FN2O3S. The second-order valence-electron chi connectivity index (χ2n) is 6.20. The Labute approximate surface area is 163 Å². The smallest absolute Gasteiger partial charge is 0.337 e. The molecule has 2 heterocycles. The van der Waals surface area contributed by atoms with Gasteiger partial charge in [-0.3, -0.25) is 9.36 Å². The molecule has 5 nitrogen and oxygen atoms in total. The summed E-state index contributed by atoms with van der Waals surface area (Å²) in [5, 5.41) is 2.38. The number of hydrogen-bond donors (Lipinski definition) is 0. The summed E-state index contributed by atoms with van der Waals surface area (Å²) in [5.74, 6) is -0.733. The Hall–Kier alpha value is -3.32. The summed E-state index contributed by atoms with van der Waals surface area (Å²) in [6.45, 7) is 0.321. The fourth-order valence-corrected chi connectivity index (χ4v) is 3.89.